The molecule has 0 radical (unpaired) electrons. The molecule has 0 unspecified atom stereocenters. The van der Waals surface area contributed by atoms with Crippen molar-refractivity contribution < 1.29 is 14.3 Å². The average Bonchev–Trinajstić information content (AvgIpc) is 2.82. The van der Waals surface area contributed by atoms with Crippen LogP contribution in [-0.4, -0.2) is 30.1 Å². The molecule has 32 heavy (non-hydrogen) atoms. The van der Waals surface area contributed by atoms with E-state index in [-0.39, 0.29) is 19.1 Å². The number of amides is 2. The third kappa shape index (κ3) is 5.12. The van der Waals surface area contributed by atoms with Crippen LogP contribution in [0.15, 0.2) is 95.7 Å². The Bertz CT molecular complexity index is 1240. The van der Waals surface area contributed by atoms with E-state index in [0.717, 1.165) is 10.8 Å². The van der Waals surface area contributed by atoms with Crippen molar-refractivity contribution in [3.8, 4) is 0 Å². The topological polar surface area (TPSA) is 71.5 Å². The second-order valence-electron chi connectivity index (χ2n) is 6.97. The van der Waals surface area contributed by atoms with E-state index < -0.39 is 6.09 Å². The minimum Gasteiger partial charge on any atom is -0.447 e. The molecule has 0 saturated heterocycles. The number of halogens is 1. The van der Waals surface area contributed by atoms with Gasteiger partial charge in [-0.05, 0) is 45.6 Å². The summed E-state index contributed by atoms with van der Waals surface area (Å²) < 4.78 is 6.10. The molecule has 6 nitrogen and oxygen atoms in total. The maximum atomic E-state index is 13.1. The van der Waals surface area contributed by atoms with Crippen LogP contribution in [0.3, 0.4) is 0 Å². The maximum Gasteiger partial charge on any atom is 0.411 e. The molecule has 0 aliphatic heterocycles. The Balaban J connectivity index is 1.44. The van der Waals surface area contributed by atoms with Gasteiger partial charge in [-0.25, -0.2) is 4.79 Å². The molecule has 0 aliphatic rings. The van der Waals surface area contributed by atoms with E-state index in [0.29, 0.717) is 21.4 Å². The second kappa shape index (κ2) is 10.1. The summed E-state index contributed by atoms with van der Waals surface area (Å²) in [5.41, 5.74) is 1.81. The average molecular weight is 490 g/mol. The van der Waals surface area contributed by atoms with Crippen molar-refractivity contribution in [3.63, 3.8) is 0 Å². The van der Waals surface area contributed by atoms with E-state index in [4.69, 9.17) is 4.74 Å². The van der Waals surface area contributed by atoms with Crippen molar-refractivity contribution in [2.45, 2.75) is 0 Å². The van der Waals surface area contributed by atoms with E-state index >= 15 is 0 Å². The van der Waals surface area contributed by atoms with Crippen molar-refractivity contribution in [1.29, 1.82) is 0 Å². The van der Waals surface area contributed by atoms with Gasteiger partial charge >= 0.3 is 6.09 Å². The lowest BCUT2D eigenvalue weighted by Crippen LogP contribution is -2.35. The number of fused-ring (bicyclic) bond motifs is 1. The summed E-state index contributed by atoms with van der Waals surface area (Å²) in [4.78, 5) is 31.2. The van der Waals surface area contributed by atoms with Gasteiger partial charge in [0.2, 0.25) is 0 Å². The molecule has 1 heterocycles. The molecule has 4 aromatic rings. The third-order valence-corrected chi connectivity index (χ3v) is 5.27. The Morgan fingerprint density at radius 1 is 0.938 bits per heavy atom. The highest BCUT2D eigenvalue weighted by atomic mass is 79.9. The minimum absolute atomic E-state index is 0.0265. The summed E-state index contributed by atoms with van der Waals surface area (Å²) in [6, 6.07) is 24.4. The van der Waals surface area contributed by atoms with Gasteiger partial charge in [0.25, 0.3) is 5.91 Å². The minimum atomic E-state index is -0.578. The standard InChI is InChI=1S/C25H20BrN3O3/c26-20-15-19(16-27-17-20)24(30)29(21-9-2-1-3-10-21)13-14-32-25(31)28-23-12-6-8-18-7-4-5-11-22(18)23/h1-12,15-17H,13-14H2,(H,28,31). The van der Waals surface area contributed by atoms with Crippen molar-refractivity contribution in [3.05, 3.63) is 101 Å². The molecule has 3 aromatic carbocycles. The first-order valence-corrected chi connectivity index (χ1v) is 10.8. The summed E-state index contributed by atoms with van der Waals surface area (Å²) in [5.74, 6) is -0.233. The fourth-order valence-electron chi connectivity index (χ4n) is 3.35. The van der Waals surface area contributed by atoms with Crippen LogP contribution in [0.1, 0.15) is 10.4 Å². The van der Waals surface area contributed by atoms with Crippen molar-refractivity contribution >= 4 is 50.1 Å². The number of rotatable bonds is 6. The van der Waals surface area contributed by atoms with Gasteiger partial charge in [0.15, 0.2) is 0 Å². The molecule has 4 rings (SSSR count). The Morgan fingerprint density at radius 2 is 1.69 bits per heavy atom. The molecule has 2 amide bonds. The smallest absolute Gasteiger partial charge is 0.411 e. The first-order chi connectivity index (χ1) is 15.6. The number of hydrogen-bond donors (Lipinski definition) is 1. The number of carbonyl (C=O) groups excluding carboxylic acids is 2. The molecule has 0 bridgehead atoms. The van der Waals surface area contributed by atoms with Gasteiger partial charge in [-0.2, -0.15) is 0 Å². The van der Waals surface area contributed by atoms with Crippen LogP contribution in [-0.2, 0) is 4.74 Å². The normalized spacial score (nSPS) is 10.5. The number of para-hydroxylation sites is 1. The van der Waals surface area contributed by atoms with Crippen LogP contribution in [0.4, 0.5) is 16.2 Å². The molecule has 0 saturated carbocycles. The van der Waals surface area contributed by atoms with Gasteiger partial charge in [0, 0.05) is 27.9 Å². The largest absolute Gasteiger partial charge is 0.447 e. The number of ether oxygens (including phenoxy) is 1. The van der Waals surface area contributed by atoms with Crippen LogP contribution >= 0.6 is 15.9 Å². The summed E-state index contributed by atoms with van der Waals surface area (Å²) in [7, 11) is 0. The highest BCUT2D eigenvalue weighted by Gasteiger charge is 2.19. The number of carbonyl (C=O) groups is 2. The maximum absolute atomic E-state index is 13.1. The Kier molecular flexibility index (Phi) is 6.77. The molecular formula is C25H20BrN3O3. The lowest BCUT2D eigenvalue weighted by Gasteiger charge is -2.23. The molecule has 160 valence electrons. The van der Waals surface area contributed by atoms with Gasteiger partial charge in [0.1, 0.15) is 6.61 Å². The number of nitrogens with one attached hydrogen (secondary N) is 1. The van der Waals surface area contributed by atoms with Gasteiger partial charge in [0.05, 0.1) is 17.8 Å². The highest BCUT2D eigenvalue weighted by Crippen LogP contribution is 2.23. The Labute approximate surface area is 194 Å². The van der Waals surface area contributed by atoms with Gasteiger partial charge in [-0.15, -0.1) is 0 Å². The second-order valence-corrected chi connectivity index (χ2v) is 7.89. The first kappa shape index (κ1) is 21.5. The number of anilines is 2. The zero-order chi connectivity index (χ0) is 22.3. The lowest BCUT2D eigenvalue weighted by molar-refractivity contribution is 0.0975. The van der Waals surface area contributed by atoms with Gasteiger partial charge in [-0.1, -0.05) is 54.6 Å². The van der Waals surface area contributed by atoms with Crippen LogP contribution in [0, 0.1) is 0 Å². The van der Waals surface area contributed by atoms with Crippen LogP contribution in [0.2, 0.25) is 0 Å². The first-order valence-electron chi connectivity index (χ1n) is 10.0. The van der Waals surface area contributed by atoms with Crippen LogP contribution < -0.4 is 10.2 Å². The highest BCUT2D eigenvalue weighted by molar-refractivity contribution is 9.10. The molecule has 1 N–H and O–H groups in total. The summed E-state index contributed by atoms with van der Waals surface area (Å²) >= 11 is 3.35. The third-order valence-electron chi connectivity index (χ3n) is 4.84. The van der Waals surface area contributed by atoms with E-state index in [2.05, 4.69) is 26.2 Å². The number of hydrogen-bond acceptors (Lipinski definition) is 4. The molecule has 0 atom stereocenters. The van der Waals surface area contributed by atoms with Crippen molar-refractivity contribution in [2.24, 2.45) is 0 Å². The molecule has 1 aromatic heterocycles. The quantitative estimate of drug-likeness (QED) is 0.366. The molecule has 0 aliphatic carbocycles. The number of benzene rings is 3. The van der Waals surface area contributed by atoms with E-state index in [9.17, 15) is 9.59 Å². The van der Waals surface area contributed by atoms with Gasteiger partial charge in [-0.3, -0.25) is 15.1 Å². The fraction of sp³-hybridized carbons (Fsp3) is 0.0800. The lowest BCUT2D eigenvalue weighted by atomic mass is 10.1. The SMILES string of the molecule is O=C(Nc1cccc2ccccc12)OCCN(C(=O)c1cncc(Br)c1)c1ccccc1. The zero-order valence-electron chi connectivity index (χ0n) is 17.1. The Hall–Kier alpha value is -3.71. The van der Waals surface area contributed by atoms with E-state index in [1.165, 1.54) is 6.20 Å². The van der Waals surface area contributed by atoms with Crippen LogP contribution in [0.25, 0.3) is 10.8 Å². The predicted molar refractivity (Wildman–Crippen MR) is 129 cm³/mol. The molecule has 0 fully saturated rings. The molecule has 7 heteroatoms. The van der Waals surface area contributed by atoms with Crippen molar-refractivity contribution in [2.75, 3.05) is 23.4 Å². The summed E-state index contributed by atoms with van der Waals surface area (Å²) in [5, 5.41) is 4.73. The monoisotopic (exact) mass is 489 g/mol. The van der Waals surface area contributed by atoms with Gasteiger partial charge < -0.3 is 9.64 Å². The molecular weight excluding hydrogens is 470 g/mol. The van der Waals surface area contributed by atoms with Crippen LogP contribution in [0.5, 0.6) is 0 Å². The summed E-state index contributed by atoms with van der Waals surface area (Å²) in [6.07, 6.45) is 2.55. The molecule has 0 spiro atoms. The number of pyridine rings is 1. The number of aromatic nitrogens is 1. The van der Waals surface area contributed by atoms with Crippen molar-refractivity contribution in [1.82, 2.24) is 4.98 Å². The fourth-order valence-corrected chi connectivity index (χ4v) is 3.72. The number of nitrogens with zero attached hydrogens (tertiary/aromatic N) is 2. The predicted octanol–water partition coefficient (Wildman–Crippen LogP) is 5.89. The van der Waals surface area contributed by atoms with E-state index in [1.807, 2.05) is 72.8 Å². The Morgan fingerprint density at radius 3 is 2.50 bits per heavy atom. The van der Waals surface area contributed by atoms with E-state index in [1.54, 1.807) is 17.2 Å². The summed E-state index contributed by atoms with van der Waals surface area (Å²) in [6.45, 7) is 0.219. The zero-order valence-corrected chi connectivity index (χ0v) is 18.7.